The normalized spacial score (nSPS) is 24.0. The molecule has 0 bridgehead atoms. The van der Waals surface area contributed by atoms with Gasteiger partial charge < -0.3 is 10.6 Å². The lowest BCUT2D eigenvalue weighted by atomic mass is 9.78. The van der Waals surface area contributed by atoms with Crippen molar-refractivity contribution in [2.75, 3.05) is 11.4 Å². The zero-order valence-electron chi connectivity index (χ0n) is 13.9. The van der Waals surface area contributed by atoms with Crippen molar-refractivity contribution in [3.63, 3.8) is 0 Å². The van der Waals surface area contributed by atoms with Crippen molar-refractivity contribution in [3.8, 4) is 0 Å². The fourth-order valence-electron chi connectivity index (χ4n) is 3.65. The summed E-state index contributed by atoms with van der Waals surface area (Å²) in [6.45, 7) is 6.88. The molecule has 1 fully saturated rings. The predicted molar refractivity (Wildman–Crippen MR) is 89.4 cm³/mol. The number of fused-ring (bicyclic) bond motifs is 1. The molecule has 4 rings (SSSR count). The Labute approximate surface area is 136 Å². The first-order chi connectivity index (χ1) is 11.1. The maximum atomic E-state index is 5.94. The highest BCUT2D eigenvalue weighted by molar-refractivity contribution is 5.42. The summed E-state index contributed by atoms with van der Waals surface area (Å²) in [6, 6.07) is 4.69. The summed E-state index contributed by atoms with van der Waals surface area (Å²) in [6.07, 6.45) is 3.17. The first-order valence-corrected chi connectivity index (χ1v) is 8.48. The van der Waals surface area contributed by atoms with Crippen LogP contribution in [0.2, 0.25) is 0 Å². The van der Waals surface area contributed by atoms with Crippen molar-refractivity contribution in [2.45, 2.75) is 58.2 Å². The van der Waals surface area contributed by atoms with Crippen molar-refractivity contribution in [1.29, 1.82) is 0 Å². The molecule has 6 nitrogen and oxygen atoms in total. The molecule has 2 aromatic heterocycles. The number of anilines is 1. The highest BCUT2D eigenvalue weighted by Crippen LogP contribution is 2.35. The van der Waals surface area contributed by atoms with Crippen LogP contribution in [0, 0.1) is 13.8 Å². The fraction of sp³-hybridized carbons (Fsp3) is 0.588. The minimum Gasteiger partial charge on any atom is -0.351 e. The van der Waals surface area contributed by atoms with E-state index in [1.165, 1.54) is 5.69 Å². The molecule has 0 saturated heterocycles. The molecule has 1 saturated carbocycles. The van der Waals surface area contributed by atoms with Gasteiger partial charge in [0.1, 0.15) is 11.6 Å². The van der Waals surface area contributed by atoms with Gasteiger partial charge in [0.2, 0.25) is 0 Å². The van der Waals surface area contributed by atoms with Crippen LogP contribution in [-0.2, 0) is 13.1 Å². The Balaban J connectivity index is 1.62. The highest BCUT2D eigenvalue weighted by Gasteiger charge is 2.29. The number of hydrogen-bond donors (Lipinski definition) is 1. The molecule has 0 spiro atoms. The number of rotatable bonds is 2. The van der Waals surface area contributed by atoms with Crippen LogP contribution < -0.4 is 10.6 Å². The average Bonchev–Trinajstić information content (AvgIpc) is 2.70. The zero-order valence-corrected chi connectivity index (χ0v) is 13.9. The van der Waals surface area contributed by atoms with E-state index >= 15 is 0 Å². The van der Waals surface area contributed by atoms with Gasteiger partial charge in [-0.3, -0.25) is 4.68 Å². The van der Waals surface area contributed by atoms with Gasteiger partial charge in [0.25, 0.3) is 0 Å². The molecule has 0 unspecified atom stereocenters. The van der Waals surface area contributed by atoms with Crippen molar-refractivity contribution in [1.82, 2.24) is 19.7 Å². The van der Waals surface area contributed by atoms with Gasteiger partial charge in [-0.1, -0.05) is 0 Å². The molecule has 1 aliphatic heterocycles. The molecule has 1 aliphatic carbocycles. The first-order valence-electron chi connectivity index (χ1n) is 8.48. The molecule has 2 aliphatic rings. The van der Waals surface area contributed by atoms with E-state index in [-0.39, 0.29) is 0 Å². The third-order valence-corrected chi connectivity index (χ3v) is 4.90. The molecule has 2 aromatic rings. The van der Waals surface area contributed by atoms with Gasteiger partial charge in [0.05, 0.1) is 17.9 Å². The smallest absolute Gasteiger partial charge is 0.132 e. The van der Waals surface area contributed by atoms with E-state index in [2.05, 4.69) is 38.7 Å². The van der Waals surface area contributed by atoms with Gasteiger partial charge in [-0.15, -0.1) is 0 Å². The second kappa shape index (κ2) is 5.60. The Morgan fingerprint density at radius 2 is 1.96 bits per heavy atom. The SMILES string of the molecule is Cc1cc2n(n1)CCCN(c1cc(C3CC(N)C3)nc(C)n1)C2. The van der Waals surface area contributed by atoms with E-state index in [4.69, 9.17) is 10.7 Å². The molecule has 6 heteroatoms. The number of nitrogens with zero attached hydrogens (tertiary/aromatic N) is 5. The molecule has 0 amide bonds. The number of hydrogen-bond acceptors (Lipinski definition) is 5. The maximum absolute atomic E-state index is 5.94. The lowest BCUT2D eigenvalue weighted by molar-refractivity contribution is 0.344. The Hall–Kier alpha value is -1.95. The highest BCUT2D eigenvalue weighted by atomic mass is 15.3. The van der Waals surface area contributed by atoms with Gasteiger partial charge >= 0.3 is 0 Å². The number of aromatic nitrogens is 4. The Morgan fingerprint density at radius 1 is 1.13 bits per heavy atom. The van der Waals surface area contributed by atoms with Crippen LogP contribution in [-0.4, -0.2) is 32.3 Å². The van der Waals surface area contributed by atoms with E-state index in [1.807, 2.05) is 6.92 Å². The van der Waals surface area contributed by atoms with E-state index in [0.717, 1.165) is 61.9 Å². The van der Waals surface area contributed by atoms with Gasteiger partial charge in [-0.05, 0) is 39.2 Å². The molecule has 3 heterocycles. The molecular formula is C17H24N6. The molecule has 122 valence electrons. The zero-order chi connectivity index (χ0) is 16.0. The molecule has 0 aromatic carbocycles. The molecule has 2 N–H and O–H groups in total. The van der Waals surface area contributed by atoms with E-state index < -0.39 is 0 Å². The van der Waals surface area contributed by atoms with E-state index in [9.17, 15) is 0 Å². The third kappa shape index (κ3) is 2.83. The van der Waals surface area contributed by atoms with Crippen LogP contribution in [0.5, 0.6) is 0 Å². The van der Waals surface area contributed by atoms with Crippen molar-refractivity contribution in [2.24, 2.45) is 5.73 Å². The van der Waals surface area contributed by atoms with Gasteiger partial charge in [0, 0.05) is 36.8 Å². The standard InChI is InChI=1S/C17H24N6/c1-11-6-15-10-22(4-3-5-23(15)21-11)17-9-16(19-12(2)20-17)13-7-14(18)8-13/h6,9,13-14H,3-5,7-8,10,18H2,1-2H3. The molecule has 23 heavy (non-hydrogen) atoms. The van der Waals surface area contributed by atoms with Gasteiger partial charge in [0.15, 0.2) is 0 Å². The summed E-state index contributed by atoms with van der Waals surface area (Å²) in [5.41, 5.74) is 9.45. The van der Waals surface area contributed by atoms with Gasteiger partial charge in [-0.25, -0.2) is 9.97 Å². The van der Waals surface area contributed by atoms with Crippen molar-refractivity contribution < 1.29 is 0 Å². The van der Waals surface area contributed by atoms with Crippen LogP contribution in [0.3, 0.4) is 0 Å². The Kier molecular flexibility index (Phi) is 3.56. The Morgan fingerprint density at radius 3 is 2.74 bits per heavy atom. The maximum Gasteiger partial charge on any atom is 0.132 e. The number of aryl methyl sites for hydroxylation is 3. The summed E-state index contributed by atoms with van der Waals surface area (Å²) < 4.78 is 2.13. The summed E-state index contributed by atoms with van der Waals surface area (Å²) in [4.78, 5) is 11.7. The Bertz CT molecular complexity index is 716. The van der Waals surface area contributed by atoms with E-state index in [1.54, 1.807) is 0 Å². The second-order valence-corrected chi connectivity index (χ2v) is 6.90. The van der Waals surface area contributed by atoms with Crippen LogP contribution in [0.1, 0.15) is 48.1 Å². The average molecular weight is 312 g/mol. The van der Waals surface area contributed by atoms with Crippen molar-refractivity contribution in [3.05, 3.63) is 35.0 Å². The molecule has 0 atom stereocenters. The van der Waals surface area contributed by atoms with E-state index in [0.29, 0.717) is 12.0 Å². The monoisotopic (exact) mass is 312 g/mol. The summed E-state index contributed by atoms with van der Waals surface area (Å²) >= 11 is 0. The minimum atomic E-state index is 0.342. The van der Waals surface area contributed by atoms with Crippen LogP contribution in [0.25, 0.3) is 0 Å². The summed E-state index contributed by atoms with van der Waals surface area (Å²) in [5.74, 6) is 2.40. The molecular weight excluding hydrogens is 288 g/mol. The summed E-state index contributed by atoms with van der Waals surface area (Å²) in [7, 11) is 0. The quantitative estimate of drug-likeness (QED) is 0.917. The topological polar surface area (TPSA) is 72.9 Å². The second-order valence-electron chi connectivity index (χ2n) is 6.90. The third-order valence-electron chi connectivity index (χ3n) is 4.90. The predicted octanol–water partition coefficient (Wildman–Crippen LogP) is 1.90. The van der Waals surface area contributed by atoms with Crippen LogP contribution in [0.15, 0.2) is 12.1 Å². The lowest BCUT2D eigenvalue weighted by Crippen LogP contribution is -2.35. The molecule has 0 radical (unpaired) electrons. The van der Waals surface area contributed by atoms with Crippen LogP contribution in [0.4, 0.5) is 5.82 Å². The largest absolute Gasteiger partial charge is 0.351 e. The first kappa shape index (κ1) is 14.6. The van der Waals surface area contributed by atoms with Gasteiger partial charge in [-0.2, -0.15) is 5.10 Å². The van der Waals surface area contributed by atoms with Crippen molar-refractivity contribution >= 4 is 5.82 Å². The fourth-order valence-corrected chi connectivity index (χ4v) is 3.65. The van der Waals surface area contributed by atoms with Crippen LogP contribution >= 0.6 is 0 Å². The number of nitrogens with two attached hydrogens (primary N) is 1. The lowest BCUT2D eigenvalue weighted by Gasteiger charge is -2.32. The summed E-state index contributed by atoms with van der Waals surface area (Å²) in [5, 5.41) is 4.58. The minimum absolute atomic E-state index is 0.342.